The van der Waals surface area contributed by atoms with Crippen LogP contribution in [0, 0.1) is 10.1 Å². The SMILES string of the molecule is CCN(CC)c1ccc(C(=O)N/N=C\c2ccccc2[N+](=O)[O-])cc1. The van der Waals surface area contributed by atoms with E-state index in [0.717, 1.165) is 18.8 Å². The number of benzene rings is 2. The lowest BCUT2D eigenvalue weighted by atomic mass is 10.2. The first kappa shape index (κ1) is 18.1. The molecule has 0 heterocycles. The summed E-state index contributed by atoms with van der Waals surface area (Å²) in [6.45, 7) is 5.92. The zero-order valence-corrected chi connectivity index (χ0v) is 14.2. The monoisotopic (exact) mass is 340 g/mol. The van der Waals surface area contributed by atoms with Crippen molar-refractivity contribution in [3.8, 4) is 0 Å². The van der Waals surface area contributed by atoms with E-state index in [-0.39, 0.29) is 11.6 Å². The molecule has 0 aliphatic carbocycles. The van der Waals surface area contributed by atoms with Gasteiger partial charge in [0, 0.05) is 30.4 Å². The normalized spacial score (nSPS) is 10.6. The van der Waals surface area contributed by atoms with Gasteiger partial charge in [0.05, 0.1) is 16.7 Å². The lowest BCUT2D eigenvalue weighted by molar-refractivity contribution is -0.385. The van der Waals surface area contributed by atoms with Crippen LogP contribution < -0.4 is 10.3 Å². The maximum Gasteiger partial charge on any atom is 0.278 e. The molecular formula is C18H20N4O3. The number of hydrogen-bond acceptors (Lipinski definition) is 5. The van der Waals surface area contributed by atoms with E-state index in [9.17, 15) is 14.9 Å². The molecule has 7 nitrogen and oxygen atoms in total. The van der Waals surface area contributed by atoms with E-state index in [1.165, 1.54) is 12.3 Å². The Morgan fingerprint density at radius 2 is 1.80 bits per heavy atom. The third-order valence-corrected chi connectivity index (χ3v) is 3.76. The Labute approximate surface area is 146 Å². The molecule has 25 heavy (non-hydrogen) atoms. The quantitative estimate of drug-likeness (QED) is 0.476. The molecule has 0 atom stereocenters. The molecule has 0 radical (unpaired) electrons. The van der Waals surface area contributed by atoms with E-state index in [0.29, 0.717) is 11.1 Å². The summed E-state index contributed by atoms with van der Waals surface area (Å²) in [5.74, 6) is -0.374. The molecule has 0 saturated heterocycles. The number of carbonyl (C=O) groups excluding carboxylic acids is 1. The first-order chi connectivity index (χ1) is 12.1. The number of nitro benzene ring substituents is 1. The molecule has 0 aromatic heterocycles. The topological polar surface area (TPSA) is 87.8 Å². The van der Waals surface area contributed by atoms with E-state index in [4.69, 9.17) is 0 Å². The van der Waals surface area contributed by atoms with Crippen molar-refractivity contribution in [2.45, 2.75) is 13.8 Å². The average molecular weight is 340 g/mol. The molecule has 2 aromatic carbocycles. The largest absolute Gasteiger partial charge is 0.372 e. The highest BCUT2D eigenvalue weighted by atomic mass is 16.6. The van der Waals surface area contributed by atoms with Crippen molar-refractivity contribution >= 4 is 23.5 Å². The van der Waals surface area contributed by atoms with Crippen LogP contribution >= 0.6 is 0 Å². The number of hydrazone groups is 1. The number of anilines is 1. The van der Waals surface area contributed by atoms with Gasteiger partial charge in [0.1, 0.15) is 0 Å². The van der Waals surface area contributed by atoms with Gasteiger partial charge >= 0.3 is 0 Å². The van der Waals surface area contributed by atoms with E-state index in [2.05, 4.69) is 29.3 Å². The van der Waals surface area contributed by atoms with Crippen molar-refractivity contribution in [1.29, 1.82) is 0 Å². The Morgan fingerprint density at radius 3 is 2.40 bits per heavy atom. The second-order valence-electron chi connectivity index (χ2n) is 5.23. The van der Waals surface area contributed by atoms with Crippen molar-refractivity contribution in [3.63, 3.8) is 0 Å². The minimum Gasteiger partial charge on any atom is -0.372 e. The molecule has 0 fully saturated rings. The minimum absolute atomic E-state index is 0.0657. The molecule has 7 heteroatoms. The fourth-order valence-electron chi connectivity index (χ4n) is 2.40. The lowest BCUT2D eigenvalue weighted by Gasteiger charge is -2.20. The van der Waals surface area contributed by atoms with Crippen molar-refractivity contribution < 1.29 is 9.72 Å². The highest BCUT2D eigenvalue weighted by molar-refractivity contribution is 5.95. The van der Waals surface area contributed by atoms with E-state index in [1.807, 2.05) is 12.1 Å². The second kappa shape index (κ2) is 8.58. The van der Waals surface area contributed by atoms with Crippen LogP contribution in [0.4, 0.5) is 11.4 Å². The summed E-state index contributed by atoms with van der Waals surface area (Å²) in [6, 6.07) is 13.4. The smallest absolute Gasteiger partial charge is 0.278 e. The van der Waals surface area contributed by atoms with Gasteiger partial charge in [0.2, 0.25) is 0 Å². The molecule has 1 N–H and O–H groups in total. The van der Waals surface area contributed by atoms with Crippen LogP contribution in [0.3, 0.4) is 0 Å². The maximum atomic E-state index is 12.1. The van der Waals surface area contributed by atoms with Crippen LogP contribution in [0.5, 0.6) is 0 Å². The van der Waals surface area contributed by atoms with E-state index in [1.54, 1.807) is 30.3 Å². The maximum absolute atomic E-state index is 12.1. The van der Waals surface area contributed by atoms with Crippen LogP contribution in [0.2, 0.25) is 0 Å². The third-order valence-electron chi connectivity index (χ3n) is 3.76. The van der Waals surface area contributed by atoms with Gasteiger partial charge < -0.3 is 4.90 Å². The Balaban J connectivity index is 2.04. The third kappa shape index (κ3) is 4.63. The fraction of sp³-hybridized carbons (Fsp3) is 0.222. The summed E-state index contributed by atoms with van der Waals surface area (Å²) in [4.78, 5) is 24.7. The predicted octanol–water partition coefficient (Wildman–Crippen LogP) is 3.20. The average Bonchev–Trinajstić information content (AvgIpc) is 2.63. The Kier molecular flexibility index (Phi) is 6.22. The van der Waals surface area contributed by atoms with Crippen LogP contribution in [0.1, 0.15) is 29.8 Å². The van der Waals surface area contributed by atoms with Crippen molar-refractivity contribution in [3.05, 3.63) is 69.8 Å². The summed E-state index contributed by atoms with van der Waals surface area (Å²) < 4.78 is 0. The Bertz CT molecular complexity index is 768. The Hall–Kier alpha value is -3.22. The van der Waals surface area contributed by atoms with Crippen LogP contribution in [-0.4, -0.2) is 30.1 Å². The molecule has 2 aromatic rings. The zero-order valence-electron chi connectivity index (χ0n) is 14.2. The number of amides is 1. The first-order valence-corrected chi connectivity index (χ1v) is 7.98. The van der Waals surface area contributed by atoms with Gasteiger partial charge in [-0.1, -0.05) is 12.1 Å². The van der Waals surface area contributed by atoms with E-state index < -0.39 is 4.92 Å². The fourth-order valence-corrected chi connectivity index (χ4v) is 2.40. The van der Waals surface area contributed by atoms with Crippen molar-refractivity contribution in [2.75, 3.05) is 18.0 Å². The standard InChI is InChI=1S/C18H20N4O3/c1-3-21(4-2)16-11-9-14(10-12-16)18(23)20-19-13-15-7-5-6-8-17(15)22(24)25/h5-13H,3-4H2,1-2H3,(H,20,23)/b19-13-. The summed E-state index contributed by atoms with van der Waals surface area (Å²) >= 11 is 0. The first-order valence-electron chi connectivity index (χ1n) is 7.98. The molecule has 2 rings (SSSR count). The van der Waals surface area contributed by atoms with Gasteiger partial charge in [-0.3, -0.25) is 14.9 Å². The molecule has 0 bridgehead atoms. The molecule has 0 aliphatic rings. The Morgan fingerprint density at radius 1 is 1.16 bits per heavy atom. The number of nitro groups is 1. The van der Waals surface area contributed by atoms with Gasteiger partial charge in [-0.15, -0.1) is 0 Å². The van der Waals surface area contributed by atoms with Crippen molar-refractivity contribution in [2.24, 2.45) is 5.10 Å². The molecule has 1 amide bonds. The highest BCUT2D eigenvalue weighted by Crippen LogP contribution is 2.16. The number of nitrogens with zero attached hydrogens (tertiary/aromatic N) is 3. The lowest BCUT2D eigenvalue weighted by Crippen LogP contribution is -2.22. The summed E-state index contributed by atoms with van der Waals surface area (Å²) in [6.07, 6.45) is 1.26. The van der Waals surface area contributed by atoms with Crippen LogP contribution in [0.25, 0.3) is 0 Å². The number of carbonyl (C=O) groups is 1. The van der Waals surface area contributed by atoms with Crippen LogP contribution in [-0.2, 0) is 0 Å². The van der Waals surface area contributed by atoms with Crippen molar-refractivity contribution in [1.82, 2.24) is 5.43 Å². The van der Waals surface area contributed by atoms with Gasteiger partial charge in [-0.25, -0.2) is 5.43 Å². The van der Waals surface area contributed by atoms with Gasteiger partial charge in [-0.05, 0) is 44.2 Å². The van der Waals surface area contributed by atoms with Gasteiger partial charge in [0.15, 0.2) is 0 Å². The number of nitrogens with one attached hydrogen (secondary N) is 1. The summed E-state index contributed by atoms with van der Waals surface area (Å²) in [7, 11) is 0. The molecule has 0 saturated carbocycles. The van der Waals surface area contributed by atoms with Gasteiger partial charge in [-0.2, -0.15) is 5.10 Å². The second-order valence-corrected chi connectivity index (χ2v) is 5.23. The summed E-state index contributed by atoms with van der Waals surface area (Å²) in [5, 5.41) is 14.7. The predicted molar refractivity (Wildman–Crippen MR) is 98.2 cm³/mol. The highest BCUT2D eigenvalue weighted by Gasteiger charge is 2.10. The molecule has 0 spiro atoms. The molecule has 0 aliphatic heterocycles. The number of hydrogen-bond donors (Lipinski definition) is 1. The summed E-state index contributed by atoms with van der Waals surface area (Å²) in [5.41, 5.74) is 4.16. The van der Waals surface area contributed by atoms with Crippen LogP contribution in [0.15, 0.2) is 53.6 Å². The molecule has 0 unspecified atom stereocenters. The zero-order chi connectivity index (χ0) is 18.2. The number of rotatable bonds is 7. The number of para-hydroxylation sites is 1. The minimum atomic E-state index is -0.491. The molecule has 130 valence electrons. The van der Waals surface area contributed by atoms with Gasteiger partial charge in [0.25, 0.3) is 11.6 Å². The molecular weight excluding hydrogens is 320 g/mol. The van der Waals surface area contributed by atoms with E-state index >= 15 is 0 Å².